The lowest BCUT2D eigenvalue weighted by molar-refractivity contribution is -0.849. The summed E-state index contributed by atoms with van der Waals surface area (Å²) >= 11 is 0. The van der Waals surface area contributed by atoms with Crippen LogP contribution >= 0.6 is 0 Å². The molecule has 0 aliphatic rings. The molecular formula is C26H32BNO. The second-order valence-corrected chi connectivity index (χ2v) is 8.62. The first-order chi connectivity index (χ1) is 13.9. The largest absolute Gasteiger partial charge is 0.372 e. The maximum atomic E-state index is 5.01. The van der Waals surface area contributed by atoms with Gasteiger partial charge in [0, 0.05) is 12.7 Å². The van der Waals surface area contributed by atoms with E-state index in [1.54, 1.807) is 7.11 Å². The minimum atomic E-state index is -0.804. The molecule has 3 aromatic rings. The molecule has 0 aliphatic heterocycles. The molecule has 0 saturated carbocycles. The zero-order chi connectivity index (χ0) is 21.1. The van der Waals surface area contributed by atoms with Gasteiger partial charge in [-0.25, -0.2) is 16.4 Å². The lowest BCUT2D eigenvalue weighted by Crippen LogP contribution is -2.51. The van der Waals surface area contributed by atoms with Crippen LogP contribution in [0.15, 0.2) is 84.9 Å². The highest BCUT2D eigenvalue weighted by Crippen LogP contribution is 1.99. The van der Waals surface area contributed by atoms with Gasteiger partial charge in [0.1, 0.15) is 6.61 Å². The summed E-state index contributed by atoms with van der Waals surface area (Å²) in [6, 6.07) is 30.0. The van der Waals surface area contributed by atoms with Crippen LogP contribution in [0.1, 0.15) is 5.56 Å². The van der Waals surface area contributed by atoms with Crippen molar-refractivity contribution in [1.82, 2.24) is 0 Å². The average Bonchev–Trinajstić information content (AvgIpc) is 2.69. The number of ether oxygens (including phenoxy) is 1. The van der Waals surface area contributed by atoms with Gasteiger partial charge in [-0.2, -0.15) is 0 Å². The van der Waals surface area contributed by atoms with Gasteiger partial charge in [0.05, 0.1) is 34.9 Å². The first-order valence-corrected chi connectivity index (χ1v) is 10.0. The summed E-state index contributed by atoms with van der Waals surface area (Å²) in [5, 5.41) is 0. The van der Waals surface area contributed by atoms with Crippen molar-refractivity contribution < 1.29 is 9.22 Å². The van der Waals surface area contributed by atoms with Crippen LogP contribution in [0.2, 0.25) is 0 Å². The summed E-state index contributed by atoms with van der Waals surface area (Å²) in [5.41, 5.74) is 5.10. The van der Waals surface area contributed by atoms with Gasteiger partial charge in [-0.05, 0) is 6.07 Å². The Balaban J connectivity index is 0.000000537. The number of benzene rings is 3. The van der Waals surface area contributed by atoms with E-state index in [4.69, 9.17) is 4.74 Å². The van der Waals surface area contributed by atoms with Gasteiger partial charge >= 0.3 is 0 Å². The Labute approximate surface area is 176 Å². The number of methoxy groups -OCH3 is 1. The molecule has 0 aromatic heterocycles. The molecule has 29 heavy (non-hydrogen) atoms. The van der Waals surface area contributed by atoms with Gasteiger partial charge in [-0.3, -0.25) is 0 Å². The number of rotatable bonds is 4. The van der Waals surface area contributed by atoms with Gasteiger partial charge in [0.2, 0.25) is 0 Å². The number of hydrogen-bond acceptors (Lipinski definition) is 1. The van der Waals surface area contributed by atoms with Gasteiger partial charge in [-0.15, -0.1) is 0 Å². The molecular weight excluding hydrogens is 353 g/mol. The molecule has 0 fully saturated rings. The molecule has 0 heterocycles. The molecule has 0 unspecified atom stereocenters. The fraction of sp³-hybridized carbons (Fsp3) is 0.231. The van der Waals surface area contributed by atoms with Crippen LogP contribution in [0.5, 0.6) is 0 Å². The Bertz CT molecular complexity index is 876. The van der Waals surface area contributed by atoms with E-state index in [1.807, 2.05) is 0 Å². The second kappa shape index (κ2) is 11.3. The van der Waals surface area contributed by atoms with Crippen LogP contribution in [0.25, 0.3) is 0 Å². The minimum Gasteiger partial charge on any atom is -0.372 e. The van der Waals surface area contributed by atoms with Gasteiger partial charge in [-0.1, -0.05) is 90.7 Å². The molecule has 0 spiro atoms. The molecule has 0 aliphatic carbocycles. The van der Waals surface area contributed by atoms with E-state index in [0.29, 0.717) is 6.61 Å². The van der Waals surface area contributed by atoms with Crippen molar-refractivity contribution in [3.63, 3.8) is 0 Å². The third-order valence-electron chi connectivity index (χ3n) is 4.29. The zero-order valence-corrected chi connectivity index (χ0v) is 18.4. The van der Waals surface area contributed by atoms with E-state index in [9.17, 15) is 0 Å². The minimum absolute atomic E-state index is 0.456. The van der Waals surface area contributed by atoms with Crippen LogP contribution in [0.4, 0.5) is 0 Å². The van der Waals surface area contributed by atoms with E-state index in [0.717, 1.165) is 10.0 Å². The first kappa shape index (κ1) is 22.5. The third-order valence-corrected chi connectivity index (χ3v) is 4.29. The van der Waals surface area contributed by atoms with Crippen molar-refractivity contribution in [1.29, 1.82) is 0 Å². The van der Waals surface area contributed by atoms with Crippen molar-refractivity contribution in [2.75, 3.05) is 41.9 Å². The highest BCUT2D eigenvalue weighted by atomic mass is 16.5. The molecule has 0 saturated heterocycles. The molecule has 0 N–H and O–H groups in total. The predicted octanol–water partition coefficient (Wildman–Crippen LogP) is 2.26. The smallest absolute Gasteiger partial charge is 0.107 e. The molecule has 0 radical (unpaired) electrons. The number of quaternary nitrogens is 1. The van der Waals surface area contributed by atoms with Gasteiger partial charge in [0.25, 0.3) is 0 Å². The van der Waals surface area contributed by atoms with Crippen LogP contribution < -0.4 is 16.4 Å². The normalized spacial score (nSPS) is 10.6. The predicted molar refractivity (Wildman–Crippen MR) is 128 cm³/mol. The maximum absolute atomic E-state index is 5.01. The summed E-state index contributed by atoms with van der Waals surface area (Å²) in [6.07, 6.45) is 0. The quantitative estimate of drug-likeness (QED) is 0.380. The van der Waals surface area contributed by atoms with Crippen LogP contribution in [-0.2, 0) is 4.74 Å². The Morgan fingerprint density at radius 2 is 1.21 bits per heavy atom. The molecule has 3 heteroatoms. The fourth-order valence-electron chi connectivity index (χ4n) is 3.21. The maximum Gasteiger partial charge on any atom is 0.107 e. The SMILES string of the molecule is COCC#Cc1cccc([BH-](c2ccccc2)c2ccccc2)c1.C[N+](C)(C)C. The Morgan fingerprint density at radius 3 is 1.69 bits per heavy atom. The number of nitrogens with zero attached hydrogens (tertiary/aromatic N) is 1. The molecule has 150 valence electrons. The summed E-state index contributed by atoms with van der Waals surface area (Å²) in [5.74, 6) is 6.22. The molecule has 3 rings (SSSR count). The lowest BCUT2D eigenvalue weighted by Gasteiger charge is -2.26. The Kier molecular flexibility index (Phi) is 8.74. The molecule has 3 aromatic carbocycles. The number of hydrogen-bond donors (Lipinski definition) is 0. The van der Waals surface area contributed by atoms with Crippen molar-refractivity contribution in [3.8, 4) is 11.8 Å². The second-order valence-electron chi connectivity index (χ2n) is 8.62. The zero-order valence-electron chi connectivity index (χ0n) is 18.4. The van der Waals surface area contributed by atoms with Crippen LogP contribution in [0, 0.1) is 11.8 Å². The molecule has 0 atom stereocenters. The van der Waals surface area contributed by atoms with Crippen molar-refractivity contribution >= 4 is 23.1 Å². The standard InChI is InChI=1S/C22H20BO.C4H12N/c1-24-17-9-11-19-10-8-16-22(18-19)23(20-12-4-2-5-13-20)21-14-6-3-7-15-21;1-5(2,3)4/h2-8,10,12-16,18,23H,17H2,1H3;1-4H3/q-1;+1. The molecule has 0 bridgehead atoms. The van der Waals surface area contributed by atoms with Gasteiger partial charge in [0.15, 0.2) is 0 Å². The summed E-state index contributed by atoms with van der Waals surface area (Å²) < 4.78 is 6.01. The van der Waals surface area contributed by atoms with E-state index in [2.05, 4.69) is 125 Å². The molecule has 0 amide bonds. The highest BCUT2D eigenvalue weighted by molar-refractivity contribution is 6.95. The summed E-state index contributed by atoms with van der Waals surface area (Å²) in [7, 11) is 10.2. The fourth-order valence-corrected chi connectivity index (χ4v) is 3.21. The monoisotopic (exact) mass is 385 g/mol. The van der Waals surface area contributed by atoms with E-state index in [1.165, 1.54) is 16.4 Å². The highest BCUT2D eigenvalue weighted by Gasteiger charge is 2.09. The van der Waals surface area contributed by atoms with E-state index >= 15 is 0 Å². The van der Waals surface area contributed by atoms with Crippen molar-refractivity contribution in [3.05, 3.63) is 90.5 Å². The van der Waals surface area contributed by atoms with Crippen molar-refractivity contribution in [2.45, 2.75) is 0 Å². The average molecular weight is 385 g/mol. The van der Waals surface area contributed by atoms with E-state index < -0.39 is 6.71 Å². The summed E-state index contributed by atoms with van der Waals surface area (Å²) in [4.78, 5) is 0. The Hall–Kier alpha value is -2.80. The summed E-state index contributed by atoms with van der Waals surface area (Å²) in [6.45, 7) is -0.348. The molecule has 2 nitrogen and oxygen atoms in total. The van der Waals surface area contributed by atoms with Crippen LogP contribution in [0.3, 0.4) is 0 Å². The lowest BCUT2D eigenvalue weighted by atomic mass is 9.37. The van der Waals surface area contributed by atoms with Crippen molar-refractivity contribution in [2.24, 2.45) is 0 Å². The van der Waals surface area contributed by atoms with E-state index in [-0.39, 0.29) is 0 Å². The Morgan fingerprint density at radius 1 is 0.724 bits per heavy atom. The first-order valence-electron chi connectivity index (χ1n) is 10.0. The topological polar surface area (TPSA) is 9.23 Å². The van der Waals surface area contributed by atoms with Gasteiger partial charge < -0.3 is 9.22 Å². The third kappa shape index (κ3) is 8.40. The van der Waals surface area contributed by atoms with Crippen LogP contribution in [-0.4, -0.2) is 53.1 Å².